The van der Waals surface area contributed by atoms with Crippen molar-refractivity contribution in [3.8, 4) is 9.08 Å². The molecule has 4 nitrogen and oxygen atoms in total. The number of nitrogens with zero attached hydrogens (tertiary/aromatic N) is 2. The first-order valence-corrected chi connectivity index (χ1v) is 5.63. The van der Waals surface area contributed by atoms with E-state index in [-0.39, 0.29) is 30.1 Å². The average molecular weight is 273 g/mol. The summed E-state index contributed by atoms with van der Waals surface area (Å²) in [6, 6.07) is 0.562. The van der Waals surface area contributed by atoms with E-state index in [0.717, 1.165) is 12.8 Å². The summed E-state index contributed by atoms with van der Waals surface area (Å²) in [5, 5.41) is 15.2. The first kappa shape index (κ1) is 12.6. The Labute approximate surface area is 87.0 Å². The number of hydrogen-bond acceptors (Lipinski definition) is 4. The van der Waals surface area contributed by atoms with Crippen LogP contribution in [0.2, 0.25) is 0 Å². The predicted molar refractivity (Wildman–Crippen MR) is 45.6 cm³/mol. The van der Waals surface area contributed by atoms with Crippen LogP contribution in [-0.2, 0) is 18.0 Å². The minimum Gasteiger partial charge on any atom is -0.326 e. The second-order valence-corrected chi connectivity index (χ2v) is 3.92. The van der Waals surface area contributed by atoms with E-state index in [1.165, 1.54) is 12.8 Å². The van der Waals surface area contributed by atoms with Gasteiger partial charge in [0, 0.05) is 12.1 Å². The van der Waals surface area contributed by atoms with E-state index in [1.807, 2.05) is 0 Å². The van der Waals surface area contributed by atoms with Crippen molar-refractivity contribution in [1.82, 2.24) is 0 Å². The zero-order chi connectivity index (χ0) is 10.1. The van der Waals surface area contributed by atoms with Crippen LogP contribution in [0.1, 0.15) is 25.7 Å². The molecule has 0 aromatic rings. The smallest absolute Gasteiger partial charge is 0.0192 e. The molecule has 0 aromatic carbocycles. The predicted octanol–water partition coefficient (Wildman–Crippen LogP) is 0.246. The van der Waals surface area contributed by atoms with E-state index >= 15 is 0 Å². The molecule has 2 atom stereocenters. The third-order valence-electron chi connectivity index (χ3n) is 1.95. The van der Waals surface area contributed by atoms with E-state index in [4.69, 9.17) is 22.0 Å². The van der Waals surface area contributed by atoms with Crippen LogP contribution >= 0.6 is 0 Å². The first-order chi connectivity index (χ1) is 6.22. The van der Waals surface area contributed by atoms with Gasteiger partial charge in [-0.3, -0.25) is 0 Å². The van der Waals surface area contributed by atoms with Crippen LogP contribution in [0.4, 0.5) is 0 Å². The SMILES string of the molecule is N#[C][Pd][C]#N.NC1CCCCC1N. The monoisotopic (exact) mass is 272 g/mol. The standard InChI is InChI=1S/C6H14N2.2CN.Pd/c7-5-3-1-2-4-6(5)8;2*1-2;/h5-6H,1-4,7-8H2;;;. The Morgan fingerprint density at radius 2 is 1.38 bits per heavy atom. The molecule has 1 aliphatic rings. The Morgan fingerprint density at radius 3 is 1.54 bits per heavy atom. The molecule has 1 fully saturated rings. The minimum absolute atomic E-state index is 0.281. The first-order valence-electron chi connectivity index (χ1n) is 4.08. The van der Waals surface area contributed by atoms with Gasteiger partial charge in [-0.1, -0.05) is 12.8 Å². The molecule has 0 aromatic heterocycles. The second kappa shape index (κ2) is 8.17. The molecular weight excluding hydrogens is 259 g/mol. The zero-order valence-electron chi connectivity index (χ0n) is 7.35. The molecule has 1 aliphatic carbocycles. The summed E-state index contributed by atoms with van der Waals surface area (Å²) in [6.07, 6.45) is 4.80. The normalized spacial score (nSPS) is 26.5. The van der Waals surface area contributed by atoms with Crippen molar-refractivity contribution in [2.75, 3.05) is 0 Å². The van der Waals surface area contributed by atoms with Gasteiger partial charge in [0.05, 0.1) is 0 Å². The van der Waals surface area contributed by atoms with E-state index in [2.05, 4.69) is 0 Å². The van der Waals surface area contributed by atoms with E-state index < -0.39 is 0 Å². The van der Waals surface area contributed by atoms with Gasteiger partial charge < -0.3 is 11.5 Å². The van der Waals surface area contributed by atoms with Crippen LogP contribution in [0.15, 0.2) is 0 Å². The van der Waals surface area contributed by atoms with Gasteiger partial charge in [-0.05, 0) is 12.8 Å². The van der Waals surface area contributed by atoms with Crippen LogP contribution in [-0.4, -0.2) is 12.1 Å². The van der Waals surface area contributed by atoms with E-state index in [1.54, 1.807) is 9.08 Å². The van der Waals surface area contributed by atoms with Gasteiger partial charge in [0.25, 0.3) is 0 Å². The Hall–Kier alpha value is -0.438. The fourth-order valence-corrected chi connectivity index (χ4v) is 1.28. The molecule has 0 heterocycles. The molecule has 76 valence electrons. The number of rotatable bonds is 0. The van der Waals surface area contributed by atoms with Crippen LogP contribution in [0.5, 0.6) is 0 Å². The molecule has 5 heteroatoms. The molecule has 0 aliphatic heterocycles. The molecule has 0 saturated heterocycles. The van der Waals surface area contributed by atoms with Crippen LogP contribution in [0, 0.1) is 19.6 Å². The van der Waals surface area contributed by atoms with Crippen molar-refractivity contribution in [2.45, 2.75) is 37.8 Å². The van der Waals surface area contributed by atoms with Gasteiger partial charge >= 0.3 is 37.6 Å². The molecular formula is C8H14N4Pd. The summed E-state index contributed by atoms with van der Waals surface area (Å²) in [6.45, 7) is 0. The Balaban J connectivity index is 0.000000252. The second-order valence-electron chi connectivity index (χ2n) is 2.83. The summed E-state index contributed by atoms with van der Waals surface area (Å²) in [7, 11) is 0. The number of nitrogens with two attached hydrogens (primary N) is 2. The van der Waals surface area contributed by atoms with Crippen molar-refractivity contribution in [1.29, 1.82) is 10.5 Å². The number of hydrogen-bond donors (Lipinski definition) is 2. The quantitative estimate of drug-likeness (QED) is 0.617. The van der Waals surface area contributed by atoms with Crippen molar-refractivity contribution < 1.29 is 18.0 Å². The van der Waals surface area contributed by atoms with Gasteiger partial charge in [0.2, 0.25) is 0 Å². The van der Waals surface area contributed by atoms with Crippen LogP contribution in [0.25, 0.3) is 0 Å². The number of nitriles is 2. The molecule has 1 rings (SSSR count). The third-order valence-corrected chi connectivity index (χ3v) is 2.29. The van der Waals surface area contributed by atoms with Gasteiger partial charge in [0.15, 0.2) is 0 Å². The maximum absolute atomic E-state index is 7.62. The minimum atomic E-state index is -0.344. The maximum Gasteiger partial charge on any atom is 0.0192 e. The molecule has 4 N–H and O–H groups in total. The van der Waals surface area contributed by atoms with Gasteiger partial charge in [-0.2, -0.15) is 0 Å². The van der Waals surface area contributed by atoms with Crippen molar-refractivity contribution in [3.63, 3.8) is 0 Å². The van der Waals surface area contributed by atoms with Gasteiger partial charge in [-0.25, -0.2) is 0 Å². The van der Waals surface area contributed by atoms with Crippen molar-refractivity contribution >= 4 is 0 Å². The van der Waals surface area contributed by atoms with Crippen LogP contribution in [0.3, 0.4) is 0 Å². The molecule has 13 heavy (non-hydrogen) atoms. The fourth-order valence-electron chi connectivity index (χ4n) is 1.20. The fraction of sp³-hybridized carbons (Fsp3) is 0.750. The van der Waals surface area contributed by atoms with E-state index in [0.29, 0.717) is 0 Å². The summed E-state index contributed by atoms with van der Waals surface area (Å²) in [5.41, 5.74) is 11.3. The third kappa shape index (κ3) is 6.70. The molecule has 2 unspecified atom stereocenters. The van der Waals surface area contributed by atoms with Crippen LogP contribution < -0.4 is 11.5 Å². The van der Waals surface area contributed by atoms with Crippen molar-refractivity contribution in [3.05, 3.63) is 0 Å². The summed E-state index contributed by atoms with van der Waals surface area (Å²) >= 11 is -0.344. The summed E-state index contributed by atoms with van der Waals surface area (Å²) in [4.78, 5) is 0. The van der Waals surface area contributed by atoms with Gasteiger partial charge in [-0.15, -0.1) is 0 Å². The summed E-state index contributed by atoms with van der Waals surface area (Å²) in [5.74, 6) is 0. The Bertz CT molecular complexity index is 183. The van der Waals surface area contributed by atoms with Gasteiger partial charge in [0.1, 0.15) is 0 Å². The van der Waals surface area contributed by atoms with Crippen molar-refractivity contribution in [2.24, 2.45) is 11.5 Å². The molecule has 0 amide bonds. The molecule has 0 radical (unpaired) electrons. The Kier molecular flexibility index (Phi) is 7.90. The largest absolute Gasteiger partial charge is 0.326 e. The zero-order valence-corrected chi connectivity index (χ0v) is 8.90. The summed E-state index contributed by atoms with van der Waals surface area (Å²) < 4.78 is 3.41. The van der Waals surface area contributed by atoms with E-state index in [9.17, 15) is 0 Å². The topological polar surface area (TPSA) is 99.6 Å². The molecule has 1 saturated carbocycles. The molecule has 0 spiro atoms. The average Bonchev–Trinajstić information content (AvgIpc) is 2.13. The maximum atomic E-state index is 7.62. The Morgan fingerprint density at radius 1 is 1.00 bits per heavy atom. The molecule has 0 bridgehead atoms.